The average Bonchev–Trinajstić information content (AvgIpc) is 2.74. The second-order valence-corrected chi connectivity index (χ2v) is 7.01. The Morgan fingerprint density at radius 1 is 0.931 bits per heavy atom. The maximum Gasteiger partial charge on any atom is 0.331 e. The van der Waals surface area contributed by atoms with E-state index in [4.69, 9.17) is 4.99 Å². The number of hydrogen-bond acceptors (Lipinski definition) is 5. The van der Waals surface area contributed by atoms with Crippen LogP contribution in [-0.2, 0) is 4.79 Å². The first kappa shape index (κ1) is 18.6. The van der Waals surface area contributed by atoms with Gasteiger partial charge in [0.25, 0.3) is 0 Å². The highest BCUT2D eigenvalue weighted by Crippen LogP contribution is 2.28. The molecule has 2 aliphatic heterocycles. The van der Waals surface area contributed by atoms with Gasteiger partial charge in [-0.05, 0) is 48.9 Å². The molecule has 0 saturated carbocycles. The van der Waals surface area contributed by atoms with Gasteiger partial charge in [0.2, 0.25) is 5.91 Å². The van der Waals surface area contributed by atoms with Crippen molar-refractivity contribution in [1.82, 2.24) is 9.80 Å². The van der Waals surface area contributed by atoms with Gasteiger partial charge >= 0.3 is 6.03 Å². The van der Waals surface area contributed by atoms with E-state index in [-0.39, 0.29) is 5.91 Å². The lowest BCUT2D eigenvalue weighted by Crippen LogP contribution is -2.59. The van der Waals surface area contributed by atoms with Crippen LogP contribution >= 0.6 is 0 Å². The van der Waals surface area contributed by atoms with Crippen LogP contribution in [0, 0.1) is 5.92 Å². The Labute approximate surface area is 169 Å². The van der Waals surface area contributed by atoms with E-state index in [2.05, 4.69) is 10.3 Å². The van der Waals surface area contributed by atoms with Gasteiger partial charge in [0.15, 0.2) is 0 Å². The highest BCUT2D eigenvalue weighted by molar-refractivity contribution is 6.33. The molecule has 0 bridgehead atoms. The first-order valence-electron chi connectivity index (χ1n) is 9.26. The normalized spacial score (nSPS) is 20.4. The highest BCUT2D eigenvalue weighted by atomic mass is 16.2. The van der Waals surface area contributed by atoms with E-state index in [0.717, 1.165) is 27.5 Å². The van der Waals surface area contributed by atoms with Crippen molar-refractivity contribution in [3.05, 3.63) is 66.4 Å². The Morgan fingerprint density at radius 3 is 2.28 bits per heavy atom. The second-order valence-electron chi connectivity index (χ2n) is 7.01. The minimum Gasteiger partial charge on any atom is -0.356 e. The summed E-state index contributed by atoms with van der Waals surface area (Å²) in [5, 5.41) is 3.33. The summed E-state index contributed by atoms with van der Waals surface area (Å²) < 4.78 is 0. The van der Waals surface area contributed by atoms with E-state index in [1.165, 1.54) is 11.9 Å². The number of carbonyl (C=O) groups is 2. The van der Waals surface area contributed by atoms with Crippen LogP contribution < -0.4 is 5.32 Å². The third-order valence-corrected chi connectivity index (χ3v) is 5.00. The first-order valence-corrected chi connectivity index (χ1v) is 9.26. The lowest BCUT2D eigenvalue weighted by molar-refractivity contribution is -0.128. The van der Waals surface area contributed by atoms with Gasteiger partial charge < -0.3 is 5.32 Å². The third kappa shape index (κ3) is 3.42. The number of nitrogens with zero attached hydrogens (tertiary/aromatic N) is 4. The zero-order valence-electron chi connectivity index (χ0n) is 16.5. The third-order valence-electron chi connectivity index (χ3n) is 5.00. The number of allylic oxidation sites excluding steroid dienone is 1. The molecule has 2 aliphatic rings. The molecule has 1 atom stereocenters. The maximum absolute atomic E-state index is 12.8. The number of aliphatic imine (C=N–C) groups is 2. The summed E-state index contributed by atoms with van der Waals surface area (Å²) >= 11 is 0. The van der Waals surface area contributed by atoms with Gasteiger partial charge in [-0.1, -0.05) is 18.2 Å². The smallest absolute Gasteiger partial charge is 0.331 e. The molecule has 1 N–H and O–H groups in total. The number of imide groups is 1. The predicted molar refractivity (Wildman–Crippen MR) is 114 cm³/mol. The molecule has 0 spiro atoms. The Morgan fingerprint density at radius 2 is 1.59 bits per heavy atom. The molecule has 1 fully saturated rings. The standard InChI is InChI=1S/C22H21N5O2/c1-14-13-23-20-18(21(28)27(3)22(29)26(20)2)19(14)25-17-11-9-16(10-12-17)24-15-7-5-4-6-8-15/h4-13,18,24H,1-3H3. The Hall–Kier alpha value is -3.74. The van der Waals surface area contributed by atoms with Gasteiger partial charge in [-0.3, -0.25) is 19.6 Å². The molecule has 146 valence electrons. The average molecular weight is 387 g/mol. The summed E-state index contributed by atoms with van der Waals surface area (Å²) in [7, 11) is 3.10. The number of para-hydroxylation sites is 1. The van der Waals surface area contributed by atoms with Gasteiger partial charge in [0, 0.05) is 31.7 Å². The zero-order valence-corrected chi connectivity index (χ0v) is 16.5. The van der Waals surface area contributed by atoms with E-state index in [0.29, 0.717) is 11.5 Å². The highest BCUT2D eigenvalue weighted by Gasteiger charge is 2.45. The minimum atomic E-state index is -0.685. The van der Waals surface area contributed by atoms with Crippen LogP contribution in [0.25, 0.3) is 0 Å². The number of nitrogens with one attached hydrogen (secondary N) is 1. The summed E-state index contributed by atoms with van der Waals surface area (Å²) in [6.07, 6.45) is 1.65. The number of amides is 3. The van der Waals surface area contributed by atoms with Crippen molar-refractivity contribution in [2.45, 2.75) is 6.92 Å². The number of urea groups is 1. The maximum atomic E-state index is 12.8. The summed E-state index contributed by atoms with van der Waals surface area (Å²) in [4.78, 5) is 36.6. The van der Waals surface area contributed by atoms with Gasteiger partial charge in [-0.25, -0.2) is 9.79 Å². The van der Waals surface area contributed by atoms with Crippen LogP contribution in [-0.4, -0.2) is 47.4 Å². The molecule has 1 saturated heterocycles. The van der Waals surface area contributed by atoms with Gasteiger partial charge in [0.05, 0.1) is 11.4 Å². The largest absolute Gasteiger partial charge is 0.356 e. The Bertz CT molecular complexity index is 1050. The predicted octanol–water partition coefficient (Wildman–Crippen LogP) is 3.96. The van der Waals surface area contributed by atoms with E-state index >= 15 is 0 Å². The minimum absolute atomic E-state index is 0.319. The van der Waals surface area contributed by atoms with Crippen LogP contribution in [0.1, 0.15) is 6.92 Å². The number of anilines is 2. The molecule has 3 amide bonds. The fourth-order valence-corrected chi connectivity index (χ4v) is 3.37. The number of hydrogen-bond donors (Lipinski definition) is 1. The molecule has 2 heterocycles. The van der Waals surface area contributed by atoms with Crippen LogP contribution in [0.3, 0.4) is 0 Å². The summed E-state index contributed by atoms with van der Waals surface area (Å²) in [6.45, 7) is 1.87. The van der Waals surface area contributed by atoms with Crippen LogP contribution in [0.2, 0.25) is 0 Å². The number of carbonyl (C=O) groups excluding carboxylic acids is 2. The molecular formula is C22H21N5O2. The van der Waals surface area contributed by atoms with E-state index < -0.39 is 11.9 Å². The molecule has 0 aromatic heterocycles. The number of fused-ring (bicyclic) bond motifs is 1. The van der Waals surface area contributed by atoms with Crippen molar-refractivity contribution in [1.29, 1.82) is 0 Å². The quantitative estimate of drug-likeness (QED) is 0.866. The molecular weight excluding hydrogens is 366 g/mol. The lowest BCUT2D eigenvalue weighted by Gasteiger charge is -2.37. The first-order chi connectivity index (χ1) is 14.0. The van der Waals surface area contributed by atoms with Crippen molar-refractivity contribution >= 4 is 40.5 Å². The number of benzene rings is 2. The summed E-state index contributed by atoms with van der Waals surface area (Å²) in [5.41, 5.74) is 4.08. The zero-order chi connectivity index (χ0) is 20.5. The monoisotopic (exact) mass is 387 g/mol. The van der Waals surface area contributed by atoms with Gasteiger partial charge in [0.1, 0.15) is 11.8 Å². The fraction of sp³-hybridized carbons (Fsp3) is 0.182. The van der Waals surface area contributed by atoms with Gasteiger partial charge in [-0.15, -0.1) is 0 Å². The topological polar surface area (TPSA) is 77.4 Å². The van der Waals surface area contributed by atoms with Crippen LogP contribution in [0.15, 0.2) is 76.4 Å². The van der Waals surface area contributed by atoms with E-state index in [1.54, 1.807) is 13.2 Å². The molecule has 0 radical (unpaired) electrons. The molecule has 1 unspecified atom stereocenters. The Kier molecular flexibility index (Phi) is 4.72. The molecule has 4 rings (SSSR count). The summed E-state index contributed by atoms with van der Waals surface area (Å²) in [5.74, 6) is -0.597. The molecule has 2 aromatic carbocycles. The van der Waals surface area contributed by atoms with Crippen LogP contribution in [0.4, 0.5) is 21.9 Å². The van der Waals surface area contributed by atoms with Crippen molar-refractivity contribution < 1.29 is 9.59 Å². The van der Waals surface area contributed by atoms with E-state index in [9.17, 15) is 9.59 Å². The van der Waals surface area contributed by atoms with Crippen molar-refractivity contribution in [2.24, 2.45) is 15.9 Å². The van der Waals surface area contributed by atoms with E-state index in [1.807, 2.05) is 61.5 Å². The Balaban J connectivity index is 1.63. The van der Waals surface area contributed by atoms with Gasteiger partial charge in [-0.2, -0.15) is 0 Å². The number of amidine groups is 1. The molecule has 7 nitrogen and oxygen atoms in total. The number of rotatable bonds is 3. The second kappa shape index (κ2) is 7.35. The van der Waals surface area contributed by atoms with Crippen molar-refractivity contribution in [2.75, 3.05) is 19.4 Å². The fourth-order valence-electron chi connectivity index (χ4n) is 3.37. The lowest BCUT2D eigenvalue weighted by atomic mass is 9.91. The molecule has 0 aliphatic carbocycles. The molecule has 2 aromatic rings. The van der Waals surface area contributed by atoms with Crippen LogP contribution in [0.5, 0.6) is 0 Å². The SMILES string of the molecule is CC1=CN=C2C(C(=O)N(C)C(=O)N2C)C1=Nc1ccc(Nc2ccccc2)cc1. The van der Waals surface area contributed by atoms with Crippen molar-refractivity contribution in [3.8, 4) is 0 Å². The molecule has 7 heteroatoms. The molecule has 29 heavy (non-hydrogen) atoms. The summed E-state index contributed by atoms with van der Waals surface area (Å²) in [6, 6.07) is 17.2. The van der Waals surface area contributed by atoms with Crippen molar-refractivity contribution in [3.63, 3.8) is 0 Å².